The Morgan fingerprint density at radius 3 is 2.53 bits per heavy atom. The van der Waals surface area contributed by atoms with Crippen LogP contribution in [0.4, 0.5) is 0 Å². The molecule has 2 aromatic rings. The average Bonchev–Trinajstić information content (AvgIpc) is 2.32. The molecule has 0 aromatic heterocycles. The molecule has 0 aliphatic rings. The molecule has 2 aromatic carbocycles. The lowest BCUT2D eigenvalue weighted by atomic mass is 9.97. The largest absolute Gasteiger partial charge is 0.496 e. The van der Waals surface area contributed by atoms with Gasteiger partial charge in [0.05, 0.1) is 12.1 Å². The highest BCUT2D eigenvalue weighted by molar-refractivity contribution is 6.33. The van der Waals surface area contributed by atoms with Crippen molar-refractivity contribution in [2.45, 2.75) is 13.8 Å². The third kappa shape index (κ3) is 2.29. The summed E-state index contributed by atoms with van der Waals surface area (Å²) in [6, 6.07) is 12.1. The van der Waals surface area contributed by atoms with Gasteiger partial charge in [-0.15, -0.1) is 0 Å². The van der Waals surface area contributed by atoms with Crippen LogP contribution in [0, 0.1) is 13.8 Å². The van der Waals surface area contributed by atoms with Gasteiger partial charge in [0.1, 0.15) is 5.75 Å². The first-order chi connectivity index (χ1) is 8.13. The number of methoxy groups -OCH3 is 1. The molecule has 2 heteroatoms. The van der Waals surface area contributed by atoms with Crippen molar-refractivity contribution in [2.75, 3.05) is 7.11 Å². The standard InChI is InChI=1S/C15H15ClO/c1-10-7-8-11(2)12(9-10)15-13(16)5-4-6-14(15)17-3/h4-9H,1-3H3. The molecule has 0 N–H and O–H groups in total. The van der Waals surface area contributed by atoms with Crippen molar-refractivity contribution in [1.82, 2.24) is 0 Å². The first-order valence-corrected chi connectivity index (χ1v) is 5.91. The minimum atomic E-state index is 0.720. The van der Waals surface area contributed by atoms with E-state index in [1.54, 1.807) is 7.11 Å². The van der Waals surface area contributed by atoms with Crippen LogP contribution in [0.2, 0.25) is 5.02 Å². The van der Waals surface area contributed by atoms with Crippen LogP contribution >= 0.6 is 11.6 Å². The minimum Gasteiger partial charge on any atom is -0.496 e. The predicted molar refractivity (Wildman–Crippen MR) is 72.9 cm³/mol. The molecular weight excluding hydrogens is 232 g/mol. The third-order valence-corrected chi connectivity index (χ3v) is 3.17. The lowest BCUT2D eigenvalue weighted by Crippen LogP contribution is -1.91. The van der Waals surface area contributed by atoms with E-state index in [1.807, 2.05) is 18.2 Å². The van der Waals surface area contributed by atoms with Crippen LogP contribution in [0.5, 0.6) is 5.75 Å². The maximum Gasteiger partial charge on any atom is 0.128 e. The van der Waals surface area contributed by atoms with Crippen LogP contribution in [0.25, 0.3) is 11.1 Å². The van der Waals surface area contributed by atoms with Gasteiger partial charge in [0.25, 0.3) is 0 Å². The van der Waals surface area contributed by atoms with Gasteiger partial charge in [-0.1, -0.05) is 41.4 Å². The van der Waals surface area contributed by atoms with Crippen LogP contribution in [0.1, 0.15) is 11.1 Å². The highest BCUT2D eigenvalue weighted by Crippen LogP contribution is 2.38. The Labute approximate surface area is 107 Å². The molecule has 17 heavy (non-hydrogen) atoms. The fourth-order valence-electron chi connectivity index (χ4n) is 1.94. The van der Waals surface area contributed by atoms with E-state index in [4.69, 9.17) is 16.3 Å². The van der Waals surface area contributed by atoms with E-state index in [0.29, 0.717) is 0 Å². The second-order valence-corrected chi connectivity index (χ2v) is 4.54. The van der Waals surface area contributed by atoms with Crippen molar-refractivity contribution in [3.8, 4) is 16.9 Å². The second-order valence-electron chi connectivity index (χ2n) is 4.14. The molecule has 0 fully saturated rings. The zero-order valence-electron chi connectivity index (χ0n) is 10.3. The number of benzene rings is 2. The lowest BCUT2D eigenvalue weighted by molar-refractivity contribution is 0.416. The maximum atomic E-state index is 6.29. The Morgan fingerprint density at radius 2 is 1.82 bits per heavy atom. The molecule has 88 valence electrons. The summed E-state index contributed by atoms with van der Waals surface area (Å²) in [6.45, 7) is 4.16. The van der Waals surface area contributed by atoms with Crippen molar-refractivity contribution >= 4 is 11.6 Å². The van der Waals surface area contributed by atoms with Crippen molar-refractivity contribution < 1.29 is 4.74 Å². The zero-order valence-corrected chi connectivity index (χ0v) is 11.0. The summed E-state index contributed by atoms with van der Waals surface area (Å²) < 4.78 is 5.39. The van der Waals surface area contributed by atoms with Gasteiger partial charge in [0.2, 0.25) is 0 Å². The average molecular weight is 247 g/mol. The van der Waals surface area contributed by atoms with Gasteiger partial charge in [-0.2, -0.15) is 0 Å². The van der Waals surface area contributed by atoms with Crippen molar-refractivity contribution in [1.29, 1.82) is 0 Å². The molecule has 0 radical (unpaired) electrons. The monoisotopic (exact) mass is 246 g/mol. The topological polar surface area (TPSA) is 9.23 Å². The van der Waals surface area contributed by atoms with Gasteiger partial charge in [0, 0.05) is 5.56 Å². The quantitative estimate of drug-likeness (QED) is 0.751. The van der Waals surface area contributed by atoms with E-state index in [2.05, 4.69) is 32.0 Å². The summed E-state index contributed by atoms with van der Waals surface area (Å²) in [5.74, 6) is 0.811. The summed E-state index contributed by atoms with van der Waals surface area (Å²) in [7, 11) is 1.67. The predicted octanol–water partition coefficient (Wildman–Crippen LogP) is 4.63. The fourth-order valence-corrected chi connectivity index (χ4v) is 2.21. The van der Waals surface area contributed by atoms with Crippen LogP contribution in [0.15, 0.2) is 36.4 Å². The molecule has 0 amide bonds. The number of hydrogen-bond acceptors (Lipinski definition) is 1. The zero-order chi connectivity index (χ0) is 12.4. The number of halogens is 1. The van der Waals surface area contributed by atoms with Crippen molar-refractivity contribution in [3.05, 3.63) is 52.5 Å². The Hall–Kier alpha value is -1.47. The van der Waals surface area contributed by atoms with E-state index in [1.165, 1.54) is 11.1 Å². The summed E-state index contributed by atoms with van der Waals surface area (Å²) in [4.78, 5) is 0. The Balaban J connectivity index is 2.71. The third-order valence-electron chi connectivity index (χ3n) is 2.86. The molecule has 0 unspecified atom stereocenters. The van der Waals surface area contributed by atoms with Gasteiger partial charge < -0.3 is 4.74 Å². The molecule has 0 saturated heterocycles. The molecule has 0 aliphatic carbocycles. The molecule has 1 nitrogen and oxygen atoms in total. The van der Waals surface area contributed by atoms with Gasteiger partial charge >= 0.3 is 0 Å². The molecular formula is C15H15ClO. The number of aryl methyl sites for hydroxylation is 2. The summed E-state index contributed by atoms with van der Waals surface area (Å²) in [6.07, 6.45) is 0. The van der Waals surface area contributed by atoms with Gasteiger partial charge in [0.15, 0.2) is 0 Å². The normalized spacial score (nSPS) is 10.4. The summed E-state index contributed by atoms with van der Waals surface area (Å²) in [5.41, 5.74) is 4.51. The first kappa shape index (κ1) is 12.0. The Kier molecular flexibility index (Phi) is 3.39. The van der Waals surface area contributed by atoms with Crippen molar-refractivity contribution in [3.63, 3.8) is 0 Å². The molecule has 0 bridgehead atoms. The van der Waals surface area contributed by atoms with Gasteiger partial charge in [-0.05, 0) is 37.1 Å². The fraction of sp³-hybridized carbons (Fsp3) is 0.200. The molecule has 0 aliphatic heterocycles. The van der Waals surface area contributed by atoms with Crippen LogP contribution in [-0.2, 0) is 0 Å². The van der Waals surface area contributed by atoms with Crippen LogP contribution < -0.4 is 4.74 Å². The second kappa shape index (κ2) is 4.80. The molecule has 0 spiro atoms. The van der Waals surface area contributed by atoms with E-state index < -0.39 is 0 Å². The minimum absolute atomic E-state index is 0.720. The van der Waals surface area contributed by atoms with E-state index >= 15 is 0 Å². The number of ether oxygens (including phenoxy) is 1. The Morgan fingerprint density at radius 1 is 1.06 bits per heavy atom. The summed E-state index contributed by atoms with van der Waals surface area (Å²) >= 11 is 6.29. The molecule has 2 rings (SSSR count). The molecule has 0 heterocycles. The van der Waals surface area contributed by atoms with Crippen LogP contribution in [0.3, 0.4) is 0 Å². The first-order valence-electron chi connectivity index (χ1n) is 5.53. The van der Waals surface area contributed by atoms with Gasteiger partial charge in [-0.25, -0.2) is 0 Å². The lowest BCUT2D eigenvalue weighted by Gasteiger charge is -2.13. The van der Waals surface area contributed by atoms with Crippen LogP contribution in [-0.4, -0.2) is 7.11 Å². The Bertz CT molecular complexity index is 547. The number of rotatable bonds is 2. The highest BCUT2D eigenvalue weighted by Gasteiger charge is 2.12. The van der Waals surface area contributed by atoms with Crippen molar-refractivity contribution in [2.24, 2.45) is 0 Å². The van der Waals surface area contributed by atoms with E-state index in [-0.39, 0.29) is 0 Å². The molecule has 0 atom stereocenters. The van der Waals surface area contributed by atoms with E-state index in [0.717, 1.165) is 21.9 Å². The number of hydrogen-bond donors (Lipinski definition) is 0. The van der Waals surface area contributed by atoms with Gasteiger partial charge in [-0.3, -0.25) is 0 Å². The smallest absolute Gasteiger partial charge is 0.128 e. The SMILES string of the molecule is COc1cccc(Cl)c1-c1cc(C)ccc1C. The maximum absolute atomic E-state index is 6.29. The molecule has 0 saturated carbocycles. The van der Waals surface area contributed by atoms with E-state index in [9.17, 15) is 0 Å². The highest BCUT2D eigenvalue weighted by atomic mass is 35.5. The summed E-state index contributed by atoms with van der Waals surface area (Å²) in [5, 5.41) is 0.720.